The number of carboxylic acids is 1. The normalized spacial score (nSPS) is 12.4. The van der Waals surface area contributed by atoms with Crippen LogP contribution in [-0.4, -0.2) is 69.3 Å². The van der Waals surface area contributed by atoms with Gasteiger partial charge in [0.1, 0.15) is 17.7 Å². The zero-order valence-electron chi connectivity index (χ0n) is 21.3. The second-order valence-corrected chi connectivity index (χ2v) is 7.89. The maximum Gasteiger partial charge on any atom is 0.514 e. The molecule has 1 aromatic carbocycles. The number of ether oxygens (including phenoxy) is 3. The number of amides is 1. The smallest absolute Gasteiger partial charge is 0.499 e. The van der Waals surface area contributed by atoms with Crippen molar-refractivity contribution < 1.29 is 48.5 Å². The van der Waals surface area contributed by atoms with Crippen LogP contribution in [0.5, 0.6) is 11.5 Å². The summed E-state index contributed by atoms with van der Waals surface area (Å²) in [6.07, 6.45) is -3.41. The van der Waals surface area contributed by atoms with Crippen LogP contribution in [0.2, 0.25) is 0 Å². The van der Waals surface area contributed by atoms with E-state index in [4.69, 9.17) is 19.3 Å². The molecule has 0 saturated carbocycles. The Morgan fingerprint density at radius 3 is 2.29 bits per heavy atom. The molecule has 0 saturated heterocycles. The van der Waals surface area contributed by atoms with Gasteiger partial charge in [-0.05, 0) is 44.9 Å². The van der Waals surface area contributed by atoms with E-state index in [0.717, 1.165) is 18.2 Å². The number of carbonyl (C=O) groups is 4. The number of nitrogens with zero attached hydrogens (tertiary/aromatic N) is 3. The molecule has 1 aromatic rings. The van der Waals surface area contributed by atoms with Crippen molar-refractivity contribution in [2.45, 2.75) is 59.2 Å². The van der Waals surface area contributed by atoms with Gasteiger partial charge in [-0.3, -0.25) is 24.5 Å². The molecule has 1 rings (SSSR count). The SMILES string of the molecule is CCC(C)OC(=O)CC(CC(=O)O)OC(=O)Oc1cc(C=C(C#N)C(=O)N(CC)CC)cc([N+](=O)[O-])c1O. The second kappa shape index (κ2) is 14.8. The maximum atomic E-state index is 12.5. The quantitative estimate of drug-likeness (QED) is 0.0932. The molecule has 14 nitrogen and oxygen atoms in total. The molecule has 38 heavy (non-hydrogen) atoms. The summed E-state index contributed by atoms with van der Waals surface area (Å²) in [5.41, 5.74) is -1.41. The predicted octanol–water partition coefficient (Wildman–Crippen LogP) is 3.17. The van der Waals surface area contributed by atoms with Crippen LogP contribution in [0.4, 0.5) is 10.5 Å². The van der Waals surface area contributed by atoms with Gasteiger partial charge in [0.05, 0.1) is 23.9 Å². The summed E-state index contributed by atoms with van der Waals surface area (Å²) in [5, 5.41) is 40.2. The summed E-state index contributed by atoms with van der Waals surface area (Å²) < 4.78 is 14.8. The molecule has 0 fully saturated rings. The standard InChI is InChI=1S/C24H29N3O11/c1-5-14(4)36-21(30)12-17(11-20(28)29)37-24(33)38-19-10-15(9-18(22(19)31)27(34)35)8-16(13-25)23(32)26(6-2)7-3/h8-10,14,17,31H,5-7,11-12H2,1-4H3,(H,28,29). The molecule has 14 heteroatoms. The van der Waals surface area contributed by atoms with Crippen LogP contribution in [-0.2, 0) is 23.9 Å². The molecule has 0 radical (unpaired) electrons. The van der Waals surface area contributed by atoms with E-state index in [2.05, 4.69) is 0 Å². The largest absolute Gasteiger partial charge is 0.514 e. The van der Waals surface area contributed by atoms with Crippen molar-refractivity contribution in [3.05, 3.63) is 33.4 Å². The number of aliphatic carboxylic acids is 1. The van der Waals surface area contributed by atoms with E-state index in [-0.39, 0.29) is 11.1 Å². The van der Waals surface area contributed by atoms with Crippen molar-refractivity contribution in [3.8, 4) is 17.6 Å². The lowest BCUT2D eigenvalue weighted by molar-refractivity contribution is -0.385. The minimum absolute atomic E-state index is 0.131. The van der Waals surface area contributed by atoms with Gasteiger partial charge in [-0.25, -0.2) is 4.79 Å². The van der Waals surface area contributed by atoms with Gasteiger partial charge >= 0.3 is 23.8 Å². The van der Waals surface area contributed by atoms with Crippen LogP contribution < -0.4 is 4.74 Å². The fourth-order valence-corrected chi connectivity index (χ4v) is 3.05. The summed E-state index contributed by atoms with van der Waals surface area (Å²) in [4.78, 5) is 59.8. The molecule has 2 N–H and O–H groups in total. The van der Waals surface area contributed by atoms with Gasteiger partial charge in [0.25, 0.3) is 5.91 Å². The first-order valence-corrected chi connectivity index (χ1v) is 11.6. The van der Waals surface area contributed by atoms with E-state index >= 15 is 0 Å². The minimum atomic E-state index is -1.57. The highest BCUT2D eigenvalue weighted by atomic mass is 16.7. The lowest BCUT2D eigenvalue weighted by atomic mass is 10.1. The number of nitro benzene ring substituents is 1. The van der Waals surface area contributed by atoms with Gasteiger partial charge in [-0.1, -0.05) is 6.92 Å². The number of carbonyl (C=O) groups excluding carboxylic acids is 3. The van der Waals surface area contributed by atoms with E-state index < -0.39 is 71.2 Å². The van der Waals surface area contributed by atoms with E-state index in [1.165, 1.54) is 4.90 Å². The molecule has 0 bridgehead atoms. The zero-order chi connectivity index (χ0) is 29.0. The van der Waals surface area contributed by atoms with Crippen LogP contribution in [0.25, 0.3) is 6.08 Å². The van der Waals surface area contributed by atoms with E-state index in [9.17, 15) is 39.7 Å². The van der Waals surface area contributed by atoms with Crippen molar-refractivity contribution >= 4 is 35.8 Å². The Labute approximate surface area is 218 Å². The van der Waals surface area contributed by atoms with Crippen molar-refractivity contribution in [3.63, 3.8) is 0 Å². The third kappa shape index (κ3) is 9.41. The summed E-state index contributed by atoms with van der Waals surface area (Å²) >= 11 is 0. The van der Waals surface area contributed by atoms with Crippen LogP contribution in [0.3, 0.4) is 0 Å². The number of phenols is 1. The monoisotopic (exact) mass is 535 g/mol. The number of hydrogen-bond donors (Lipinski definition) is 2. The summed E-state index contributed by atoms with van der Waals surface area (Å²) in [5.74, 6) is -4.70. The molecular formula is C24H29N3O11. The number of nitro groups is 1. The first kappa shape index (κ1) is 31.4. The van der Waals surface area contributed by atoms with Gasteiger partial charge < -0.3 is 29.3 Å². The number of rotatable bonds is 13. The van der Waals surface area contributed by atoms with Crippen molar-refractivity contribution in [1.29, 1.82) is 5.26 Å². The highest BCUT2D eigenvalue weighted by molar-refractivity contribution is 6.01. The molecule has 2 atom stereocenters. The molecule has 1 amide bonds. The Morgan fingerprint density at radius 1 is 1.16 bits per heavy atom. The number of likely N-dealkylation sites (N-methyl/N-ethyl adjacent to an activating group) is 1. The average Bonchev–Trinajstić information content (AvgIpc) is 2.83. The molecule has 0 aromatic heterocycles. The Kier molecular flexibility index (Phi) is 12.2. The lowest BCUT2D eigenvalue weighted by Crippen LogP contribution is -2.31. The zero-order valence-corrected chi connectivity index (χ0v) is 21.3. The number of aromatic hydroxyl groups is 1. The van der Waals surface area contributed by atoms with Crippen LogP contribution in [0, 0.1) is 21.4 Å². The second-order valence-electron chi connectivity index (χ2n) is 7.89. The Hall–Kier alpha value is -4.67. The summed E-state index contributed by atoms with van der Waals surface area (Å²) in [7, 11) is 0. The number of benzene rings is 1. The molecule has 0 aliphatic carbocycles. The third-order valence-corrected chi connectivity index (χ3v) is 5.15. The Morgan fingerprint density at radius 2 is 1.79 bits per heavy atom. The Balaban J connectivity index is 3.29. The number of esters is 1. The van der Waals surface area contributed by atoms with Gasteiger partial charge in [-0.15, -0.1) is 0 Å². The van der Waals surface area contributed by atoms with Crippen LogP contribution >= 0.6 is 0 Å². The van der Waals surface area contributed by atoms with E-state index in [1.54, 1.807) is 33.8 Å². The molecule has 206 valence electrons. The highest BCUT2D eigenvalue weighted by Crippen LogP contribution is 2.38. The van der Waals surface area contributed by atoms with Gasteiger partial charge in [0.15, 0.2) is 5.75 Å². The number of hydrogen-bond acceptors (Lipinski definition) is 11. The van der Waals surface area contributed by atoms with Gasteiger partial charge in [-0.2, -0.15) is 5.26 Å². The van der Waals surface area contributed by atoms with Gasteiger partial charge in [0, 0.05) is 19.2 Å². The molecule has 0 heterocycles. The molecule has 0 spiro atoms. The maximum absolute atomic E-state index is 12.5. The molecule has 0 aliphatic heterocycles. The predicted molar refractivity (Wildman–Crippen MR) is 130 cm³/mol. The molecular weight excluding hydrogens is 506 g/mol. The average molecular weight is 536 g/mol. The Bertz CT molecular complexity index is 1140. The number of nitriles is 1. The lowest BCUT2D eigenvalue weighted by Gasteiger charge is -2.18. The first-order chi connectivity index (χ1) is 17.9. The van der Waals surface area contributed by atoms with Gasteiger partial charge in [0.2, 0.25) is 5.75 Å². The summed E-state index contributed by atoms with van der Waals surface area (Å²) in [6, 6.07) is 3.51. The van der Waals surface area contributed by atoms with Crippen LogP contribution in [0.1, 0.15) is 52.5 Å². The topological polar surface area (TPSA) is 207 Å². The number of carboxylic acid groups (broad SMARTS) is 1. The molecule has 2 unspecified atom stereocenters. The van der Waals surface area contributed by atoms with Crippen LogP contribution in [0.15, 0.2) is 17.7 Å². The summed E-state index contributed by atoms with van der Waals surface area (Å²) in [6.45, 7) is 7.36. The fraction of sp³-hybridized carbons (Fsp3) is 0.458. The minimum Gasteiger partial charge on any atom is -0.499 e. The van der Waals surface area contributed by atoms with Crippen molar-refractivity contribution in [2.24, 2.45) is 0 Å². The fourth-order valence-electron chi connectivity index (χ4n) is 3.05. The van der Waals surface area contributed by atoms with E-state index in [1.807, 2.05) is 0 Å². The number of phenolic OH excluding ortho intramolecular Hbond substituents is 1. The van der Waals surface area contributed by atoms with Crippen molar-refractivity contribution in [2.75, 3.05) is 13.1 Å². The third-order valence-electron chi connectivity index (χ3n) is 5.15. The van der Waals surface area contributed by atoms with Crippen molar-refractivity contribution in [1.82, 2.24) is 4.90 Å². The first-order valence-electron chi connectivity index (χ1n) is 11.6. The van der Waals surface area contributed by atoms with E-state index in [0.29, 0.717) is 19.5 Å². The highest BCUT2D eigenvalue weighted by Gasteiger charge is 2.27. The molecule has 0 aliphatic rings.